The summed E-state index contributed by atoms with van der Waals surface area (Å²) in [6, 6.07) is 23.5. The highest BCUT2D eigenvalue weighted by Gasteiger charge is 2.19. The van der Waals surface area contributed by atoms with Gasteiger partial charge in [-0.05, 0) is 23.6 Å². The molecule has 1 aromatic heterocycles. The van der Waals surface area contributed by atoms with Gasteiger partial charge in [-0.15, -0.1) is 0 Å². The number of rotatable bonds is 3. The molecular weight excluding hydrogens is 298 g/mol. The fraction of sp³-hybridized carbons (Fsp3) is 0.0500. The number of carbonyl (C=O) groups excluding carboxylic acids is 1. The summed E-state index contributed by atoms with van der Waals surface area (Å²) in [5, 5.41) is 16.3. The molecule has 4 aromatic rings. The summed E-state index contributed by atoms with van der Waals surface area (Å²) in [7, 11) is 0. The van der Waals surface area contributed by atoms with Crippen LogP contribution in [0.5, 0.6) is 0 Å². The molecule has 0 aliphatic heterocycles. The summed E-state index contributed by atoms with van der Waals surface area (Å²) in [5.41, 5.74) is 2.12. The lowest BCUT2D eigenvalue weighted by molar-refractivity contribution is 0.0994. The molecule has 0 radical (unpaired) electrons. The van der Waals surface area contributed by atoms with E-state index in [0.717, 1.165) is 27.4 Å². The number of nitrogens with zero attached hydrogens (tertiary/aromatic N) is 3. The van der Waals surface area contributed by atoms with Crippen molar-refractivity contribution in [3.8, 4) is 11.8 Å². The topological polar surface area (TPSA) is 58.7 Å². The minimum Gasteiger partial charge on any atom is -0.291 e. The first kappa shape index (κ1) is 14.2. The minimum atomic E-state index is -0.257. The molecule has 0 amide bonds. The summed E-state index contributed by atoms with van der Waals surface area (Å²) in [6.45, 7) is 0. The van der Waals surface area contributed by atoms with Crippen molar-refractivity contribution in [1.29, 1.82) is 5.26 Å². The molecule has 0 aliphatic rings. The van der Waals surface area contributed by atoms with E-state index in [2.05, 4.69) is 5.10 Å². The Hall–Kier alpha value is -3.45. The Morgan fingerprint density at radius 3 is 2.50 bits per heavy atom. The van der Waals surface area contributed by atoms with Crippen molar-refractivity contribution in [2.45, 2.75) is 6.42 Å². The maximum Gasteiger partial charge on any atom is 0.197 e. The van der Waals surface area contributed by atoms with Gasteiger partial charge in [-0.2, -0.15) is 10.4 Å². The smallest absolute Gasteiger partial charge is 0.197 e. The molecule has 0 spiro atoms. The van der Waals surface area contributed by atoms with Crippen molar-refractivity contribution < 1.29 is 4.79 Å². The third-order valence-corrected chi connectivity index (χ3v) is 4.07. The third kappa shape index (κ3) is 2.15. The van der Waals surface area contributed by atoms with Crippen molar-refractivity contribution in [2.24, 2.45) is 0 Å². The number of carbonyl (C=O) groups is 1. The van der Waals surface area contributed by atoms with Gasteiger partial charge in [0.2, 0.25) is 0 Å². The first-order chi connectivity index (χ1) is 11.8. The maximum absolute atomic E-state index is 12.3. The van der Waals surface area contributed by atoms with Gasteiger partial charge in [0, 0.05) is 10.8 Å². The molecule has 1 heterocycles. The fourth-order valence-electron chi connectivity index (χ4n) is 3.00. The molecule has 4 nitrogen and oxygen atoms in total. The molecule has 0 unspecified atom stereocenters. The first-order valence-corrected chi connectivity index (χ1v) is 7.65. The van der Waals surface area contributed by atoms with Crippen molar-refractivity contribution in [2.75, 3.05) is 0 Å². The molecule has 0 atom stereocenters. The van der Waals surface area contributed by atoms with Gasteiger partial charge in [0.25, 0.3) is 0 Å². The van der Waals surface area contributed by atoms with E-state index in [-0.39, 0.29) is 12.2 Å². The Kier molecular flexibility index (Phi) is 3.33. The zero-order chi connectivity index (χ0) is 16.5. The van der Waals surface area contributed by atoms with E-state index in [1.165, 1.54) is 0 Å². The van der Waals surface area contributed by atoms with Crippen molar-refractivity contribution in [1.82, 2.24) is 9.78 Å². The predicted octanol–water partition coefficient (Wildman–Crippen LogP) is 4.28. The zero-order valence-electron chi connectivity index (χ0n) is 12.8. The standard InChI is InChI=1S/C20H13N3O/c21-13-12-18(24)19-17-11-10-14-6-4-5-9-16(14)20(17)23(22-19)15-7-2-1-3-8-15/h1-11H,12H2. The number of nitriles is 1. The number of hydrogen-bond donors (Lipinski definition) is 0. The second kappa shape index (κ2) is 5.64. The average molecular weight is 311 g/mol. The molecule has 24 heavy (non-hydrogen) atoms. The molecule has 4 rings (SSSR count). The fourth-order valence-corrected chi connectivity index (χ4v) is 3.00. The number of para-hydroxylation sites is 1. The number of aromatic nitrogens is 2. The Balaban J connectivity index is 2.12. The van der Waals surface area contributed by atoms with Crippen LogP contribution in [-0.2, 0) is 0 Å². The number of fused-ring (bicyclic) bond motifs is 3. The molecule has 0 bridgehead atoms. The number of benzene rings is 3. The second-order valence-corrected chi connectivity index (χ2v) is 5.54. The van der Waals surface area contributed by atoms with Gasteiger partial charge >= 0.3 is 0 Å². The Morgan fingerprint density at radius 1 is 0.958 bits per heavy atom. The Morgan fingerprint density at radius 2 is 1.71 bits per heavy atom. The number of Topliss-reactive ketones (excluding diaryl/α,β-unsaturated/α-hetero) is 1. The van der Waals surface area contributed by atoms with Crippen molar-refractivity contribution in [3.05, 3.63) is 72.4 Å². The van der Waals surface area contributed by atoms with E-state index in [4.69, 9.17) is 5.26 Å². The van der Waals surface area contributed by atoms with Gasteiger partial charge in [0.15, 0.2) is 5.78 Å². The average Bonchev–Trinajstić information content (AvgIpc) is 3.03. The van der Waals surface area contributed by atoms with Gasteiger partial charge in [-0.1, -0.05) is 48.5 Å². The molecule has 3 aromatic carbocycles. The largest absolute Gasteiger partial charge is 0.291 e. The van der Waals surface area contributed by atoms with Gasteiger partial charge in [-0.3, -0.25) is 4.79 Å². The monoisotopic (exact) mass is 311 g/mol. The quantitative estimate of drug-likeness (QED) is 0.531. The lowest BCUT2D eigenvalue weighted by Crippen LogP contribution is -2.01. The lowest BCUT2D eigenvalue weighted by atomic mass is 10.0. The molecule has 0 fully saturated rings. The van der Waals surface area contributed by atoms with Gasteiger partial charge in [-0.25, -0.2) is 4.68 Å². The van der Waals surface area contributed by atoms with Gasteiger partial charge in [0.1, 0.15) is 12.1 Å². The summed E-state index contributed by atoms with van der Waals surface area (Å²) in [4.78, 5) is 12.3. The van der Waals surface area contributed by atoms with Crippen LogP contribution in [-0.4, -0.2) is 15.6 Å². The van der Waals surface area contributed by atoms with E-state index in [1.807, 2.05) is 72.8 Å². The van der Waals surface area contributed by atoms with Crippen LogP contribution in [0.4, 0.5) is 0 Å². The summed E-state index contributed by atoms with van der Waals surface area (Å²) < 4.78 is 1.79. The van der Waals surface area contributed by atoms with Crippen LogP contribution in [0.25, 0.3) is 27.4 Å². The van der Waals surface area contributed by atoms with Crippen LogP contribution in [0.3, 0.4) is 0 Å². The number of ketones is 1. The molecule has 114 valence electrons. The first-order valence-electron chi connectivity index (χ1n) is 7.65. The van der Waals surface area contributed by atoms with E-state index in [9.17, 15) is 4.79 Å². The lowest BCUT2D eigenvalue weighted by Gasteiger charge is -2.05. The molecule has 4 heteroatoms. The second-order valence-electron chi connectivity index (χ2n) is 5.54. The maximum atomic E-state index is 12.3. The minimum absolute atomic E-state index is 0.173. The van der Waals surface area contributed by atoms with Crippen LogP contribution in [0.1, 0.15) is 16.9 Å². The third-order valence-electron chi connectivity index (χ3n) is 4.07. The van der Waals surface area contributed by atoms with E-state index in [0.29, 0.717) is 5.69 Å². The summed E-state index contributed by atoms with van der Waals surface area (Å²) in [5.74, 6) is -0.257. The van der Waals surface area contributed by atoms with Gasteiger partial charge in [0.05, 0.1) is 17.3 Å². The van der Waals surface area contributed by atoms with E-state index >= 15 is 0 Å². The summed E-state index contributed by atoms with van der Waals surface area (Å²) >= 11 is 0. The molecule has 0 saturated heterocycles. The predicted molar refractivity (Wildman–Crippen MR) is 93.1 cm³/mol. The highest BCUT2D eigenvalue weighted by molar-refractivity contribution is 6.14. The van der Waals surface area contributed by atoms with Crippen LogP contribution in [0.15, 0.2) is 66.7 Å². The molecule has 0 aliphatic carbocycles. The highest BCUT2D eigenvalue weighted by atomic mass is 16.1. The Bertz CT molecular complexity index is 1100. The SMILES string of the molecule is N#CCC(=O)c1nn(-c2ccccc2)c2c1ccc1ccccc12. The van der Waals surface area contributed by atoms with Gasteiger partial charge < -0.3 is 0 Å². The highest BCUT2D eigenvalue weighted by Crippen LogP contribution is 2.30. The van der Waals surface area contributed by atoms with Crippen molar-refractivity contribution in [3.63, 3.8) is 0 Å². The summed E-state index contributed by atoms with van der Waals surface area (Å²) in [6.07, 6.45) is -0.173. The van der Waals surface area contributed by atoms with Crippen LogP contribution >= 0.6 is 0 Å². The van der Waals surface area contributed by atoms with E-state index < -0.39 is 0 Å². The normalized spacial score (nSPS) is 10.8. The van der Waals surface area contributed by atoms with Crippen LogP contribution in [0, 0.1) is 11.3 Å². The van der Waals surface area contributed by atoms with E-state index in [1.54, 1.807) is 4.68 Å². The number of hydrogen-bond acceptors (Lipinski definition) is 3. The van der Waals surface area contributed by atoms with Crippen molar-refractivity contribution >= 4 is 27.5 Å². The van der Waals surface area contributed by atoms with Crippen LogP contribution in [0.2, 0.25) is 0 Å². The van der Waals surface area contributed by atoms with Crippen LogP contribution < -0.4 is 0 Å². The Labute approximate surface area is 138 Å². The molecular formula is C20H13N3O. The molecule has 0 saturated carbocycles. The zero-order valence-corrected chi connectivity index (χ0v) is 12.8. The molecule has 0 N–H and O–H groups in total.